The van der Waals surface area contributed by atoms with Gasteiger partial charge in [-0.25, -0.2) is 9.37 Å². The van der Waals surface area contributed by atoms with Crippen molar-refractivity contribution in [3.63, 3.8) is 0 Å². The van der Waals surface area contributed by atoms with E-state index in [9.17, 15) is 9.18 Å². The first-order chi connectivity index (χ1) is 16.5. The highest BCUT2D eigenvalue weighted by molar-refractivity contribution is 7.99. The monoisotopic (exact) mass is 498 g/mol. The zero-order valence-electron chi connectivity index (χ0n) is 18.5. The number of carbonyl (C=O) groups excluding carboxylic acids is 1. The van der Waals surface area contributed by atoms with Gasteiger partial charge in [0.15, 0.2) is 6.10 Å². The van der Waals surface area contributed by atoms with Crippen molar-refractivity contribution < 1.29 is 18.3 Å². The Morgan fingerprint density at radius 3 is 2.91 bits per heavy atom. The van der Waals surface area contributed by atoms with E-state index in [2.05, 4.69) is 16.3 Å². The lowest BCUT2D eigenvalue weighted by Gasteiger charge is -2.31. The Kier molecular flexibility index (Phi) is 6.77. The average molecular weight is 499 g/mol. The molecule has 34 heavy (non-hydrogen) atoms. The second-order valence-electron chi connectivity index (χ2n) is 8.11. The highest BCUT2D eigenvalue weighted by atomic mass is 32.2. The van der Waals surface area contributed by atoms with E-state index in [1.165, 1.54) is 40.7 Å². The van der Waals surface area contributed by atoms with Crippen LogP contribution >= 0.6 is 23.1 Å². The maximum absolute atomic E-state index is 13.1. The Balaban J connectivity index is 1.15. The Morgan fingerprint density at radius 2 is 2.09 bits per heavy atom. The van der Waals surface area contributed by atoms with Crippen LogP contribution in [0.5, 0.6) is 5.75 Å². The Labute approximate surface area is 204 Å². The molecule has 2 atom stereocenters. The largest absolute Gasteiger partial charge is 0.481 e. The summed E-state index contributed by atoms with van der Waals surface area (Å²) < 4.78 is 25.6. The van der Waals surface area contributed by atoms with Crippen LogP contribution < -0.4 is 4.74 Å². The van der Waals surface area contributed by atoms with E-state index in [1.54, 1.807) is 18.3 Å². The number of ether oxygens (including phenoxy) is 1. The third-order valence-corrected chi connectivity index (χ3v) is 7.65. The van der Waals surface area contributed by atoms with Crippen molar-refractivity contribution in [3.8, 4) is 5.75 Å². The molecule has 10 heteroatoms. The van der Waals surface area contributed by atoms with Crippen molar-refractivity contribution in [2.75, 3.05) is 18.8 Å². The second-order valence-corrected chi connectivity index (χ2v) is 10.1. The number of halogens is 1. The molecule has 1 aliphatic rings. The topological polar surface area (TPSA) is 81.4 Å². The van der Waals surface area contributed by atoms with Crippen LogP contribution in [0.25, 0.3) is 10.2 Å². The van der Waals surface area contributed by atoms with Crippen molar-refractivity contribution in [3.05, 3.63) is 65.2 Å². The molecule has 3 heterocycles. The first kappa shape index (κ1) is 22.8. The number of nitrogens with zero attached hydrogens (tertiary/aromatic N) is 4. The van der Waals surface area contributed by atoms with Crippen LogP contribution in [0.1, 0.15) is 42.7 Å². The number of aromatic nitrogens is 3. The van der Waals surface area contributed by atoms with E-state index in [1.807, 2.05) is 23.1 Å². The summed E-state index contributed by atoms with van der Waals surface area (Å²) in [6.07, 6.45) is 1.50. The number of benzene rings is 2. The van der Waals surface area contributed by atoms with Crippen LogP contribution in [0.3, 0.4) is 0 Å². The van der Waals surface area contributed by atoms with Gasteiger partial charge in [-0.3, -0.25) is 4.79 Å². The number of rotatable bonds is 7. The van der Waals surface area contributed by atoms with E-state index in [-0.39, 0.29) is 23.4 Å². The number of fused-ring (bicyclic) bond motifs is 1. The van der Waals surface area contributed by atoms with Crippen LogP contribution in [0.2, 0.25) is 0 Å². The zero-order valence-corrected chi connectivity index (χ0v) is 20.2. The van der Waals surface area contributed by atoms with Crippen LogP contribution in [0, 0.1) is 5.82 Å². The van der Waals surface area contributed by atoms with Crippen LogP contribution in [-0.4, -0.2) is 44.8 Å². The highest BCUT2D eigenvalue weighted by Gasteiger charge is 2.27. The van der Waals surface area contributed by atoms with E-state index in [0.29, 0.717) is 23.4 Å². The summed E-state index contributed by atoms with van der Waals surface area (Å²) in [5.41, 5.74) is 1.02. The van der Waals surface area contributed by atoms with Gasteiger partial charge in [-0.05, 0) is 56.2 Å². The van der Waals surface area contributed by atoms with Crippen molar-refractivity contribution in [2.24, 2.45) is 0 Å². The van der Waals surface area contributed by atoms with Gasteiger partial charge >= 0.3 is 0 Å². The van der Waals surface area contributed by atoms with Crippen molar-refractivity contribution >= 4 is 39.2 Å². The molecule has 7 nitrogen and oxygen atoms in total. The molecule has 4 aromatic rings. The van der Waals surface area contributed by atoms with Gasteiger partial charge in [-0.15, -0.1) is 21.5 Å². The zero-order chi connectivity index (χ0) is 23.5. The van der Waals surface area contributed by atoms with Crippen LogP contribution in [0.15, 0.2) is 58.2 Å². The fourth-order valence-corrected chi connectivity index (χ4v) is 5.66. The molecule has 0 unspecified atom stereocenters. The normalized spacial score (nSPS) is 17.1. The van der Waals surface area contributed by atoms with Gasteiger partial charge in [0.2, 0.25) is 5.91 Å². The molecule has 0 aliphatic carbocycles. The van der Waals surface area contributed by atoms with E-state index in [0.717, 1.165) is 29.9 Å². The first-order valence-electron chi connectivity index (χ1n) is 11.1. The summed E-state index contributed by atoms with van der Waals surface area (Å²) in [6.45, 7) is 3.20. The predicted molar refractivity (Wildman–Crippen MR) is 129 cm³/mol. The van der Waals surface area contributed by atoms with Crippen molar-refractivity contribution in [1.82, 2.24) is 20.1 Å². The third-order valence-electron chi connectivity index (χ3n) is 5.65. The smallest absolute Gasteiger partial charge is 0.277 e. The summed E-state index contributed by atoms with van der Waals surface area (Å²) in [6, 6.07) is 13.9. The van der Waals surface area contributed by atoms with Crippen LogP contribution in [-0.2, 0) is 4.79 Å². The summed E-state index contributed by atoms with van der Waals surface area (Å²) in [7, 11) is 0. The molecular weight excluding hydrogens is 475 g/mol. The molecule has 2 aromatic carbocycles. The van der Waals surface area contributed by atoms with Gasteiger partial charge < -0.3 is 14.1 Å². The lowest BCUT2D eigenvalue weighted by molar-refractivity contribution is -0.129. The summed E-state index contributed by atoms with van der Waals surface area (Å²) in [4.78, 5) is 19.6. The Hall–Kier alpha value is -2.98. The van der Waals surface area contributed by atoms with Gasteiger partial charge in [0, 0.05) is 19.0 Å². The maximum Gasteiger partial charge on any atom is 0.277 e. The molecule has 1 fully saturated rings. The Morgan fingerprint density at radius 1 is 1.26 bits per heavy atom. The van der Waals surface area contributed by atoms with Crippen molar-refractivity contribution in [1.29, 1.82) is 0 Å². The van der Waals surface area contributed by atoms with E-state index in [4.69, 9.17) is 14.1 Å². The van der Waals surface area contributed by atoms with Gasteiger partial charge in [0.25, 0.3) is 11.1 Å². The maximum atomic E-state index is 13.1. The van der Waals surface area contributed by atoms with Crippen LogP contribution in [0.4, 0.5) is 4.39 Å². The molecule has 1 saturated heterocycles. The molecule has 0 bridgehead atoms. The SMILES string of the molecule is C[C@@H](Oc1ccc(F)cc1)c1nnc(SCC(=O)N2CCC[C@H](c3nc4ccccc4s3)C2)o1. The first-order valence-corrected chi connectivity index (χ1v) is 12.9. The molecule has 2 aromatic heterocycles. The standard InChI is InChI=1S/C24H23FN4O3S2/c1-15(31-18-10-8-17(25)9-11-18)22-27-28-24(32-22)33-14-21(30)29-12-4-5-16(13-29)23-26-19-6-2-3-7-20(19)34-23/h2-3,6-11,15-16H,4-5,12-14H2,1H3/t15-,16+/m1/s1. The molecule has 0 N–H and O–H groups in total. The number of hydrogen-bond acceptors (Lipinski definition) is 8. The Bertz CT molecular complexity index is 1240. The molecule has 0 radical (unpaired) electrons. The minimum absolute atomic E-state index is 0.0474. The molecule has 0 spiro atoms. The summed E-state index contributed by atoms with van der Waals surface area (Å²) in [5.74, 6) is 1.01. The third kappa shape index (κ3) is 5.23. The molecule has 5 rings (SSSR count). The lowest BCUT2D eigenvalue weighted by atomic mass is 9.99. The molecular formula is C24H23FN4O3S2. The number of thioether (sulfide) groups is 1. The molecule has 0 saturated carbocycles. The minimum Gasteiger partial charge on any atom is -0.481 e. The number of para-hydroxylation sites is 1. The number of piperidine rings is 1. The van der Waals surface area contributed by atoms with Gasteiger partial charge in [-0.2, -0.15) is 0 Å². The van der Waals surface area contributed by atoms with E-state index >= 15 is 0 Å². The predicted octanol–water partition coefficient (Wildman–Crippen LogP) is 5.46. The average Bonchev–Trinajstić information content (AvgIpc) is 3.51. The van der Waals surface area contributed by atoms with Crippen molar-refractivity contribution in [2.45, 2.75) is 37.0 Å². The fourth-order valence-electron chi connectivity index (χ4n) is 3.90. The number of amides is 1. The number of carbonyl (C=O) groups is 1. The van der Waals surface area contributed by atoms with E-state index < -0.39 is 6.10 Å². The second kappa shape index (κ2) is 10.1. The number of hydrogen-bond donors (Lipinski definition) is 0. The summed E-state index contributed by atoms with van der Waals surface area (Å²) >= 11 is 2.94. The van der Waals surface area contributed by atoms with Gasteiger partial charge in [0.05, 0.1) is 21.0 Å². The molecule has 176 valence electrons. The molecule has 1 aliphatic heterocycles. The highest BCUT2D eigenvalue weighted by Crippen LogP contribution is 2.33. The fraction of sp³-hybridized carbons (Fsp3) is 0.333. The molecule has 1 amide bonds. The van der Waals surface area contributed by atoms with Gasteiger partial charge in [0.1, 0.15) is 11.6 Å². The quantitative estimate of drug-likeness (QED) is 0.313. The lowest BCUT2D eigenvalue weighted by Crippen LogP contribution is -2.40. The summed E-state index contributed by atoms with van der Waals surface area (Å²) in [5, 5.41) is 9.47. The minimum atomic E-state index is -0.500. The number of thiazole rings is 1. The van der Waals surface area contributed by atoms with Gasteiger partial charge in [-0.1, -0.05) is 23.9 Å². The number of likely N-dealkylation sites (tertiary alicyclic amines) is 1.